The molecular formula is C20H37IN6O. The molecule has 0 spiro atoms. The molecule has 1 saturated carbocycles. The molecule has 2 aliphatic rings. The number of nitrogens with zero attached hydrogens (tertiary/aromatic N) is 5. The number of hydrogen-bond acceptors (Lipinski definition) is 5. The van der Waals surface area contributed by atoms with E-state index in [4.69, 9.17) is 9.52 Å². The normalized spacial score (nSPS) is 19.3. The number of aryl methyl sites for hydroxylation is 1. The summed E-state index contributed by atoms with van der Waals surface area (Å²) in [6, 6.07) is 2.80. The summed E-state index contributed by atoms with van der Waals surface area (Å²) in [7, 11) is 2.25. The van der Waals surface area contributed by atoms with E-state index in [1.807, 2.05) is 13.0 Å². The van der Waals surface area contributed by atoms with Crippen LogP contribution in [0.2, 0.25) is 0 Å². The van der Waals surface area contributed by atoms with E-state index >= 15 is 0 Å². The molecule has 2 heterocycles. The molecule has 1 saturated heterocycles. The zero-order valence-electron chi connectivity index (χ0n) is 17.7. The van der Waals surface area contributed by atoms with Crippen LogP contribution in [0.25, 0.3) is 0 Å². The van der Waals surface area contributed by atoms with E-state index in [2.05, 4.69) is 39.1 Å². The van der Waals surface area contributed by atoms with E-state index in [1.54, 1.807) is 0 Å². The van der Waals surface area contributed by atoms with Gasteiger partial charge in [0.05, 0.1) is 12.2 Å². The fourth-order valence-corrected chi connectivity index (χ4v) is 4.11. The van der Waals surface area contributed by atoms with Crippen molar-refractivity contribution in [3.05, 3.63) is 17.5 Å². The maximum absolute atomic E-state index is 5.18. The average Bonchev–Trinajstić information content (AvgIpc) is 3.34. The third kappa shape index (κ3) is 6.88. The van der Waals surface area contributed by atoms with Crippen LogP contribution in [0.4, 0.5) is 0 Å². The third-order valence-corrected chi connectivity index (χ3v) is 5.73. The van der Waals surface area contributed by atoms with Crippen LogP contribution >= 0.6 is 24.0 Å². The molecule has 7 nitrogen and oxygen atoms in total. The minimum absolute atomic E-state index is 0. The minimum atomic E-state index is 0. The summed E-state index contributed by atoms with van der Waals surface area (Å²) in [5.41, 5.74) is 1.02. The molecule has 1 aromatic heterocycles. The quantitative estimate of drug-likeness (QED) is 0.350. The highest BCUT2D eigenvalue weighted by atomic mass is 127. The molecule has 160 valence electrons. The summed E-state index contributed by atoms with van der Waals surface area (Å²) >= 11 is 0. The Kier molecular flexibility index (Phi) is 10.0. The topological polar surface area (TPSA) is 60.1 Å². The van der Waals surface area contributed by atoms with Crippen LogP contribution in [0, 0.1) is 6.92 Å². The number of hydrogen-bond donors (Lipinski definition) is 1. The SMILES string of the molecule is CCNC(=NCCN(C)C1CCCC1)N1CCN(Cc2cc(C)on2)CC1.I. The number of guanidine groups is 1. The second-order valence-corrected chi connectivity index (χ2v) is 7.85. The van der Waals surface area contributed by atoms with Crippen LogP contribution in [0.5, 0.6) is 0 Å². The number of nitrogens with one attached hydrogen (secondary N) is 1. The number of aliphatic imine (C=N–C) groups is 1. The van der Waals surface area contributed by atoms with Crippen molar-refractivity contribution >= 4 is 29.9 Å². The highest BCUT2D eigenvalue weighted by Crippen LogP contribution is 2.21. The predicted octanol–water partition coefficient (Wildman–Crippen LogP) is 2.56. The Balaban J connectivity index is 0.00000280. The molecule has 1 aromatic rings. The smallest absolute Gasteiger partial charge is 0.194 e. The molecule has 2 fully saturated rings. The van der Waals surface area contributed by atoms with Crippen LogP contribution < -0.4 is 5.32 Å². The Bertz CT molecular complexity index is 593. The fraction of sp³-hybridized carbons (Fsp3) is 0.800. The van der Waals surface area contributed by atoms with E-state index in [1.165, 1.54) is 25.7 Å². The van der Waals surface area contributed by atoms with Crippen molar-refractivity contribution in [2.45, 2.75) is 52.1 Å². The number of likely N-dealkylation sites (N-methyl/N-ethyl adjacent to an activating group) is 1. The molecule has 0 amide bonds. The van der Waals surface area contributed by atoms with Gasteiger partial charge in [0.25, 0.3) is 0 Å². The van der Waals surface area contributed by atoms with E-state index in [0.717, 1.165) is 75.8 Å². The van der Waals surface area contributed by atoms with Crippen molar-refractivity contribution < 1.29 is 4.52 Å². The first kappa shape index (κ1) is 23.4. The van der Waals surface area contributed by atoms with Gasteiger partial charge in [-0.1, -0.05) is 18.0 Å². The first-order chi connectivity index (χ1) is 13.2. The summed E-state index contributed by atoms with van der Waals surface area (Å²) < 4.78 is 5.18. The summed E-state index contributed by atoms with van der Waals surface area (Å²) in [5, 5.41) is 7.59. The molecule has 1 aliphatic carbocycles. The standard InChI is InChI=1S/C20H36N6O.HI/c1-4-21-20(22-9-10-24(3)19-7-5-6-8-19)26-13-11-25(12-14-26)16-18-15-17(2)27-23-18;/h15,19H,4-14,16H2,1-3H3,(H,21,22);1H. The molecule has 1 aliphatic heterocycles. The molecule has 3 rings (SSSR count). The highest BCUT2D eigenvalue weighted by Gasteiger charge is 2.21. The Morgan fingerprint density at radius 2 is 2.00 bits per heavy atom. The molecule has 0 bridgehead atoms. The van der Waals surface area contributed by atoms with Gasteiger partial charge in [0.15, 0.2) is 5.96 Å². The van der Waals surface area contributed by atoms with Gasteiger partial charge < -0.3 is 19.6 Å². The zero-order valence-corrected chi connectivity index (χ0v) is 20.0. The number of aromatic nitrogens is 1. The van der Waals surface area contributed by atoms with Gasteiger partial charge >= 0.3 is 0 Å². The van der Waals surface area contributed by atoms with Crippen LogP contribution in [0.1, 0.15) is 44.1 Å². The zero-order chi connectivity index (χ0) is 19.1. The summed E-state index contributed by atoms with van der Waals surface area (Å²) in [4.78, 5) is 12.2. The second-order valence-electron chi connectivity index (χ2n) is 7.85. The lowest BCUT2D eigenvalue weighted by Gasteiger charge is -2.36. The van der Waals surface area contributed by atoms with Gasteiger partial charge in [-0.2, -0.15) is 0 Å². The molecular weight excluding hydrogens is 467 g/mol. The van der Waals surface area contributed by atoms with Crippen molar-refractivity contribution in [1.29, 1.82) is 0 Å². The van der Waals surface area contributed by atoms with Gasteiger partial charge in [0.2, 0.25) is 0 Å². The van der Waals surface area contributed by atoms with E-state index in [9.17, 15) is 0 Å². The molecule has 8 heteroatoms. The monoisotopic (exact) mass is 504 g/mol. The third-order valence-electron chi connectivity index (χ3n) is 5.73. The maximum atomic E-state index is 5.18. The van der Waals surface area contributed by atoms with E-state index in [-0.39, 0.29) is 24.0 Å². The van der Waals surface area contributed by atoms with Gasteiger partial charge in [-0.3, -0.25) is 9.89 Å². The minimum Gasteiger partial charge on any atom is -0.361 e. The van der Waals surface area contributed by atoms with Crippen LogP contribution in [0.3, 0.4) is 0 Å². The molecule has 0 atom stereocenters. The highest BCUT2D eigenvalue weighted by molar-refractivity contribution is 14.0. The molecule has 1 N–H and O–H groups in total. The number of rotatable bonds is 7. The summed E-state index contributed by atoms with van der Waals surface area (Å²) in [6.07, 6.45) is 5.48. The Morgan fingerprint density at radius 3 is 2.61 bits per heavy atom. The molecule has 0 radical (unpaired) electrons. The molecule has 0 aromatic carbocycles. The Labute approximate surface area is 186 Å². The lowest BCUT2D eigenvalue weighted by atomic mass is 10.2. The fourth-order valence-electron chi connectivity index (χ4n) is 4.11. The first-order valence-corrected chi connectivity index (χ1v) is 10.5. The van der Waals surface area contributed by atoms with Crippen molar-refractivity contribution in [2.24, 2.45) is 4.99 Å². The summed E-state index contributed by atoms with van der Waals surface area (Å²) in [6.45, 7) is 11.8. The largest absolute Gasteiger partial charge is 0.361 e. The molecule has 0 unspecified atom stereocenters. The maximum Gasteiger partial charge on any atom is 0.194 e. The Hall–Kier alpha value is -0.870. The lowest BCUT2D eigenvalue weighted by Crippen LogP contribution is -2.52. The predicted molar refractivity (Wildman–Crippen MR) is 124 cm³/mol. The van der Waals surface area contributed by atoms with Gasteiger partial charge in [-0.15, -0.1) is 24.0 Å². The second kappa shape index (κ2) is 12.0. The van der Waals surface area contributed by atoms with Gasteiger partial charge in [-0.05, 0) is 33.7 Å². The van der Waals surface area contributed by atoms with Crippen LogP contribution in [-0.4, -0.2) is 84.7 Å². The van der Waals surface area contributed by atoms with E-state index in [0.29, 0.717) is 0 Å². The first-order valence-electron chi connectivity index (χ1n) is 10.5. The van der Waals surface area contributed by atoms with Crippen LogP contribution in [0.15, 0.2) is 15.6 Å². The van der Waals surface area contributed by atoms with Crippen LogP contribution in [-0.2, 0) is 6.54 Å². The van der Waals surface area contributed by atoms with Gasteiger partial charge in [0.1, 0.15) is 5.76 Å². The van der Waals surface area contributed by atoms with Crippen molar-refractivity contribution in [3.63, 3.8) is 0 Å². The average molecular weight is 504 g/mol. The number of piperazine rings is 1. The van der Waals surface area contributed by atoms with Gasteiger partial charge in [-0.25, -0.2) is 0 Å². The summed E-state index contributed by atoms with van der Waals surface area (Å²) in [5.74, 6) is 1.95. The Morgan fingerprint density at radius 1 is 1.29 bits per heavy atom. The molecule has 28 heavy (non-hydrogen) atoms. The lowest BCUT2D eigenvalue weighted by molar-refractivity contribution is 0.168. The van der Waals surface area contributed by atoms with E-state index < -0.39 is 0 Å². The van der Waals surface area contributed by atoms with Crippen molar-refractivity contribution in [2.75, 3.05) is 52.9 Å². The number of halogens is 1. The van der Waals surface area contributed by atoms with Gasteiger partial charge in [0, 0.05) is 57.9 Å². The van der Waals surface area contributed by atoms with Crippen molar-refractivity contribution in [3.8, 4) is 0 Å². The van der Waals surface area contributed by atoms with Crippen molar-refractivity contribution in [1.82, 2.24) is 25.2 Å².